The van der Waals surface area contributed by atoms with Gasteiger partial charge in [-0.25, -0.2) is 17.5 Å². The largest absolute Gasteiger partial charge is 0.493 e. The van der Waals surface area contributed by atoms with Crippen molar-refractivity contribution < 1.29 is 27.1 Å². The molecule has 1 aromatic heterocycles. The first-order chi connectivity index (χ1) is 19.3. The highest BCUT2D eigenvalue weighted by Crippen LogP contribution is 2.37. The van der Waals surface area contributed by atoms with Crippen LogP contribution in [0.4, 0.5) is 15.8 Å². The normalized spacial score (nSPS) is 12.9. The van der Waals surface area contributed by atoms with Crippen LogP contribution in [-0.2, 0) is 16.6 Å². The number of pyridine rings is 1. The van der Waals surface area contributed by atoms with E-state index < -0.39 is 21.7 Å². The third-order valence-corrected chi connectivity index (χ3v) is 7.80. The van der Waals surface area contributed by atoms with E-state index in [0.29, 0.717) is 30.6 Å². The molecule has 3 aromatic carbocycles. The molecule has 0 unspecified atom stereocenters. The van der Waals surface area contributed by atoms with E-state index in [2.05, 4.69) is 4.98 Å². The second kappa shape index (κ2) is 11.7. The average Bonchev–Trinajstić information content (AvgIpc) is 3.80. The van der Waals surface area contributed by atoms with Crippen LogP contribution < -0.4 is 19.1 Å². The van der Waals surface area contributed by atoms with Gasteiger partial charge in [0.15, 0.2) is 11.5 Å². The van der Waals surface area contributed by atoms with E-state index in [0.717, 1.165) is 29.1 Å². The van der Waals surface area contributed by atoms with Gasteiger partial charge in [0.25, 0.3) is 15.9 Å². The minimum atomic E-state index is -4.24. The first kappa shape index (κ1) is 27.1. The van der Waals surface area contributed by atoms with Gasteiger partial charge in [-0.2, -0.15) is 0 Å². The summed E-state index contributed by atoms with van der Waals surface area (Å²) < 4.78 is 52.3. The fourth-order valence-electron chi connectivity index (χ4n) is 4.11. The van der Waals surface area contributed by atoms with Crippen molar-refractivity contribution in [1.29, 1.82) is 0 Å². The quantitative estimate of drug-likeness (QED) is 0.259. The van der Waals surface area contributed by atoms with E-state index in [4.69, 9.17) is 9.47 Å². The Bertz CT molecular complexity index is 1590. The fraction of sp³-hybridized carbons (Fsp3) is 0.200. The van der Waals surface area contributed by atoms with Gasteiger partial charge >= 0.3 is 0 Å². The van der Waals surface area contributed by atoms with Gasteiger partial charge in [-0.1, -0.05) is 12.1 Å². The molecule has 1 heterocycles. The third kappa shape index (κ3) is 6.58. The van der Waals surface area contributed by atoms with Crippen molar-refractivity contribution in [1.82, 2.24) is 9.71 Å². The van der Waals surface area contributed by atoms with Gasteiger partial charge in [-0.3, -0.25) is 9.78 Å². The maximum absolute atomic E-state index is 13.5. The molecular weight excluding hydrogens is 533 g/mol. The molecule has 0 atom stereocenters. The van der Waals surface area contributed by atoms with Crippen molar-refractivity contribution >= 4 is 27.3 Å². The Morgan fingerprint density at radius 2 is 1.77 bits per heavy atom. The van der Waals surface area contributed by atoms with Crippen LogP contribution in [0.2, 0.25) is 0 Å². The van der Waals surface area contributed by atoms with E-state index in [-0.39, 0.29) is 10.5 Å². The summed E-state index contributed by atoms with van der Waals surface area (Å²) in [5.41, 5.74) is 2.68. The summed E-state index contributed by atoms with van der Waals surface area (Å²) in [7, 11) is -2.64. The topological polar surface area (TPSA) is 97.8 Å². The predicted octanol–water partition coefficient (Wildman–Crippen LogP) is 5.48. The highest BCUT2D eigenvalue weighted by Gasteiger charge is 2.23. The van der Waals surface area contributed by atoms with Crippen LogP contribution >= 0.6 is 0 Å². The van der Waals surface area contributed by atoms with Crippen molar-refractivity contribution in [3.05, 3.63) is 108 Å². The number of methoxy groups -OCH3 is 1. The SMILES string of the molecule is COc1ccc(N(Cc2cccnc2)c2ccc(C(=O)NS(=O)(=O)c3cccc(F)c3)cc2)cc1OCC1CC1. The summed E-state index contributed by atoms with van der Waals surface area (Å²) in [4.78, 5) is 18.7. The van der Waals surface area contributed by atoms with Crippen molar-refractivity contribution in [2.45, 2.75) is 24.3 Å². The first-order valence-electron chi connectivity index (χ1n) is 12.7. The molecular formula is C30H28FN3O5S. The molecule has 8 nitrogen and oxygen atoms in total. The third-order valence-electron chi connectivity index (χ3n) is 6.47. The van der Waals surface area contributed by atoms with Gasteiger partial charge in [0.2, 0.25) is 0 Å². The summed E-state index contributed by atoms with van der Waals surface area (Å²) in [6.45, 7) is 1.10. The van der Waals surface area contributed by atoms with E-state index in [9.17, 15) is 17.6 Å². The number of rotatable bonds is 11. The van der Waals surface area contributed by atoms with Crippen LogP contribution in [0.5, 0.6) is 11.5 Å². The molecule has 0 bridgehead atoms. The Labute approximate surface area is 232 Å². The maximum atomic E-state index is 13.5. The molecule has 40 heavy (non-hydrogen) atoms. The molecule has 5 rings (SSSR count). The Morgan fingerprint density at radius 1 is 1.00 bits per heavy atom. The number of anilines is 2. The summed E-state index contributed by atoms with van der Waals surface area (Å²) in [6.07, 6.45) is 5.81. The van der Waals surface area contributed by atoms with Gasteiger partial charge in [-0.05, 0) is 85.0 Å². The zero-order valence-corrected chi connectivity index (χ0v) is 22.6. The van der Waals surface area contributed by atoms with Crippen LogP contribution in [0.15, 0.2) is 96.2 Å². The van der Waals surface area contributed by atoms with Crippen LogP contribution in [0.3, 0.4) is 0 Å². The second-order valence-electron chi connectivity index (χ2n) is 9.48. The first-order valence-corrected chi connectivity index (χ1v) is 14.2. The number of sulfonamides is 1. The maximum Gasteiger partial charge on any atom is 0.264 e. The van der Waals surface area contributed by atoms with E-state index in [1.807, 2.05) is 40.0 Å². The van der Waals surface area contributed by atoms with Gasteiger partial charge in [0, 0.05) is 41.9 Å². The molecule has 0 spiro atoms. The summed E-state index contributed by atoms with van der Waals surface area (Å²) in [5, 5.41) is 0. The molecule has 4 aromatic rings. The van der Waals surface area contributed by atoms with E-state index >= 15 is 0 Å². The number of ether oxygens (including phenoxy) is 2. The second-order valence-corrected chi connectivity index (χ2v) is 11.2. The molecule has 1 N–H and O–H groups in total. The standard InChI is InChI=1S/C30H28FN3O5S/c1-38-28-14-13-26(17-29(28)39-20-21-7-8-21)34(19-22-4-3-15-32-18-22)25-11-9-23(10-12-25)30(35)33-40(36,37)27-6-2-5-24(31)16-27/h2-6,9-18,21H,7-8,19-20H2,1H3,(H,33,35). The number of carbonyl (C=O) groups excluding carboxylic acids is 1. The number of hydrogen-bond acceptors (Lipinski definition) is 7. The van der Waals surface area contributed by atoms with Crippen molar-refractivity contribution in [2.75, 3.05) is 18.6 Å². The lowest BCUT2D eigenvalue weighted by molar-refractivity contribution is 0.0981. The minimum Gasteiger partial charge on any atom is -0.493 e. The molecule has 1 aliphatic rings. The molecule has 206 valence electrons. The Balaban J connectivity index is 1.41. The molecule has 10 heteroatoms. The highest BCUT2D eigenvalue weighted by molar-refractivity contribution is 7.90. The summed E-state index contributed by atoms with van der Waals surface area (Å²) in [6, 6.07) is 20.5. The number of nitrogens with zero attached hydrogens (tertiary/aromatic N) is 2. The number of carbonyl (C=O) groups is 1. The lowest BCUT2D eigenvalue weighted by Gasteiger charge is -2.26. The molecule has 0 radical (unpaired) electrons. The summed E-state index contributed by atoms with van der Waals surface area (Å²) in [5.74, 6) is 0.310. The Hall–Kier alpha value is -4.44. The monoisotopic (exact) mass is 561 g/mol. The van der Waals surface area contributed by atoms with Crippen molar-refractivity contribution in [3.8, 4) is 11.5 Å². The number of benzene rings is 3. The lowest BCUT2D eigenvalue weighted by Crippen LogP contribution is -2.30. The van der Waals surface area contributed by atoms with E-state index in [1.54, 1.807) is 31.6 Å². The number of aromatic nitrogens is 1. The van der Waals surface area contributed by atoms with Gasteiger partial charge < -0.3 is 14.4 Å². The minimum absolute atomic E-state index is 0.133. The summed E-state index contributed by atoms with van der Waals surface area (Å²) >= 11 is 0. The fourth-order valence-corrected chi connectivity index (χ4v) is 5.12. The van der Waals surface area contributed by atoms with Gasteiger partial charge in [-0.15, -0.1) is 0 Å². The van der Waals surface area contributed by atoms with Crippen molar-refractivity contribution in [2.24, 2.45) is 5.92 Å². The zero-order chi connectivity index (χ0) is 28.1. The zero-order valence-electron chi connectivity index (χ0n) is 21.8. The molecule has 1 fully saturated rings. The lowest BCUT2D eigenvalue weighted by atomic mass is 10.1. The molecule has 1 aliphatic carbocycles. The number of amides is 1. The van der Waals surface area contributed by atoms with Crippen LogP contribution in [-0.4, -0.2) is 33.0 Å². The predicted molar refractivity (Wildman–Crippen MR) is 149 cm³/mol. The van der Waals surface area contributed by atoms with Crippen LogP contribution in [0.25, 0.3) is 0 Å². The molecule has 0 saturated heterocycles. The Morgan fingerprint density at radius 3 is 2.45 bits per heavy atom. The smallest absolute Gasteiger partial charge is 0.264 e. The molecule has 1 amide bonds. The van der Waals surface area contributed by atoms with Gasteiger partial charge in [0.05, 0.1) is 18.6 Å². The average molecular weight is 562 g/mol. The number of hydrogen-bond donors (Lipinski definition) is 1. The van der Waals surface area contributed by atoms with E-state index in [1.165, 1.54) is 37.1 Å². The van der Waals surface area contributed by atoms with Crippen LogP contribution in [0, 0.1) is 11.7 Å². The number of halogens is 1. The van der Waals surface area contributed by atoms with Gasteiger partial charge in [0.1, 0.15) is 5.82 Å². The Kier molecular flexibility index (Phi) is 7.97. The highest BCUT2D eigenvalue weighted by atomic mass is 32.2. The van der Waals surface area contributed by atoms with Crippen molar-refractivity contribution in [3.63, 3.8) is 0 Å². The molecule has 1 saturated carbocycles. The van der Waals surface area contributed by atoms with Crippen LogP contribution in [0.1, 0.15) is 28.8 Å². The number of nitrogens with one attached hydrogen (secondary N) is 1. The molecule has 0 aliphatic heterocycles.